The number of carbonyl (C=O) groups excluding carboxylic acids is 1. The first kappa shape index (κ1) is 18.5. The molecule has 26 heavy (non-hydrogen) atoms. The van der Waals surface area contributed by atoms with Gasteiger partial charge in [-0.1, -0.05) is 11.6 Å². The van der Waals surface area contributed by atoms with E-state index in [0.717, 1.165) is 17.1 Å². The van der Waals surface area contributed by atoms with Crippen molar-refractivity contribution in [3.05, 3.63) is 53.6 Å². The van der Waals surface area contributed by atoms with Crippen molar-refractivity contribution >= 4 is 33.2 Å². The van der Waals surface area contributed by atoms with Gasteiger partial charge in [-0.2, -0.15) is 0 Å². The highest BCUT2D eigenvalue weighted by atomic mass is 35.5. The molecule has 0 saturated heterocycles. The van der Waals surface area contributed by atoms with Crippen LogP contribution < -0.4 is 14.4 Å². The summed E-state index contributed by atoms with van der Waals surface area (Å²) in [5, 5.41) is 3.30. The Hall–Kier alpha value is -2.25. The lowest BCUT2D eigenvalue weighted by Crippen LogP contribution is -2.41. The average molecular weight is 395 g/mol. The first-order valence-corrected chi connectivity index (χ1v) is 9.93. The molecule has 1 saturated carbocycles. The second kappa shape index (κ2) is 7.55. The molecule has 0 aromatic heterocycles. The van der Waals surface area contributed by atoms with Gasteiger partial charge in [0, 0.05) is 11.1 Å². The van der Waals surface area contributed by atoms with Crippen LogP contribution in [0.5, 0.6) is 5.75 Å². The Morgan fingerprint density at radius 3 is 2.31 bits per heavy atom. The normalized spacial score (nSPS) is 13.9. The van der Waals surface area contributed by atoms with Gasteiger partial charge in [-0.15, -0.1) is 0 Å². The zero-order valence-electron chi connectivity index (χ0n) is 14.2. The summed E-state index contributed by atoms with van der Waals surface area (Å²) < 4.78 is 32.4. The molecule has 0 aliphatic heterocycles. The summed E-state index contributed by atoms with van der Waals surface area (Å²) in [5.41, 5.74) is 0.371. The van der Waals surface area contributed by atoms with Gasteiger partial charge < -0.3 is 10.1 Å². The number of carbonyl (C=O) groups is 1. The van der Waals surface area contributed by atoms with Crippen LogP contribution in [0.4, 0.5) is 5.69 Å². The summed E-state index contributed by atoms with van der Waals surface area (Å²) in [4.78, 5) is 12.3. The zero-order valence-corrected chi connectivity index (χ0v) is 15.8. The minimum absolute atomic E-state index is 0.0764. The van der Waals surface area contributed by atoms with E-state index in [1.807, 2.05) is 0 Å². The molecule has 0 bridgehead atoms. The fourth-order valence-electron chi connectivity index (χ4n) is 2.43. The molecule has 2 aromatic carbocycles. The van der Waals surface area contributed by atoms with Crippen molar-refractivity contribution in [2.45, 2.75) is 23.8 Å². The highest BCUT2D eigenvalue weighted by Gasteiger charge is 2.30. The molecule has 0 heterocycles. The number of hydrogen-bond donors (Lipinski definition) is 1. The lowest BCUT2D eigenvalue weighted by Gasteiger charge is -2.24. The third-order valence-corrected chi connectivity index (χ3v) is 6.03. The van der Waals surface area contributed by atoms with E-state index in [9.17, 15) is 13.2 Å². The van der Waals surface area contributed by atoms with E-state index in [1.165, 1.54) is 19.2 Å². The van der Waals surface area contributed by atoms with Gasteiger partial charge in [0.2, 0.25) is 5.91 Å². The van der Waals surface area contributed by atoms with Crippen LogP contribution in [0, 0.1) is 0 Å². The summed E-state index contributed by atoms with van der Waals surface area (Å²) in [5.74, 6) is 0.216. The molecule has 2 aromatic rings. The van der Waals surface area contributed by atoms with Crippen molar-refractivity contribution in [3.8, 4) is 5.75 Å². The van der Waals surface area contributed by atoms with Gasteiger partial charge in [-0.25, -0.2) is 8.42 Å². The SMILES string of the molecule is COc1ccc(S(=O)(=O)N(CC(=O)NC2CC2)c2ccc(Cl)cc2)cc1. The molecule has 0 spiro atoms. The smallest absolute Gasteiger partial charge is 0.264 e. The monoisotopic (exact) mass is 394 g/mol. The van der Waals surface area contributed by atoms with Crippen LogP contribution in [0.15, 0.2) is 53.4 Å². The first-order chi connectivity index (χ1) is 12.4. The maximum atomic E-state index is 13.1. The molecule has 1 aliphatic rings. The third-order valence-electron chi connectivity index (χ3n) is 3.99. The van der Waals surface area contributed by atoms with Crippen molar-refractivity contribution in [2.75, 3.05) is 18.0 Å². The minimum atomic E-state index is -3.93. The Labute approximate surface area is 157 Å². The maximum absolute atomic E-state index is 13.1. The predicted molar refractivity (Wildman–Crippen MR) is 100 cm³/mol. The highest BCUT2D eigenvalue weighted by Crippen LogP contribution is 2.26. The molecule has 6 nitrogen and oxygen atoms in total. The number of sulfonamides is 1. The number of nitrogens with one attached hydrogen (secondary N) is 1. The van der Waals surface area contributed by atoms with Gasteiger partial charge in [0.15, 0.2) is 0 Å². The summed E-state index contributed by atoms with van der Waals surface area (Å²) in [6, 6.07) is 12.5. The number of hydrogen-bond acceptors (Lipinski definition) is 4. The van der Waals surface area contributed by atoms with E-state index in [1.54, 1.807) is 36.4 Å². The van der Waals surface area contributed by atoms with Crippen molar-refractivity contribution < 1.29 is 17.9 Å². The molecule has 0 atom stereocenters. The van der Waals surface area contributed by atoms with Gasteiger partial charge in [0.05, 0.1) is 17.7 Å². The Bertz CT molecular complexity index is 878. The molecule has 1 N–H and O–H groups in total. The van der Waals surface area contributed by atoms with E-state index in [4.69, 9.17) is 16.3 Å². The quantitative estimate of drug-likeness (QED) is 0.783. The number of amides is 1. The summed E-state index contributed by atoms with van der Waals surface area (Å²) >= 11 is 5.90. The molecule has 3 rings (SSSR count). The van der Waals surface area contributed by atoms with Crippen LogP contribution in [0.2, 0.25) is 5.02 Å². The lowest BCUT2D eigenvalue weighted by molar-refractivity contribution is -0.119. The Kier molecular flexibility index (Phi) is 5.38. The van der Waals surface area contributed by atoms with Gasteiger partial charge in [-0.3, -0.25) is 9.10 Å². The van der Waals surface area contributed by atoms with Crippen LogP contribution in [0.25, 0.3) is 0 Å². The van der Waals surface area contributed by atoms with Crippen molar-refractivity contribution in [2.24, 2.45) is 0 Å². The number of ether oxygens (including phenoxy) is 1. The van der Waals surface area contributed by atoms with Crippen LogP contribution in [0.3, 0.4) is 0 Å². The zero-order chi connectivity index (χ0) is 18.7. The van der Waals surface area contributed by atoms with Crippen molar-refractivity contribution in [3.63, 3.8) is 0 Å². The Morgan fingerprint density at radius 1 is 1.15 bits per heavy atom. The Balaban J connectivity index is 1.93. The second-order valence-electron chi connectivity index (χ2n) is 6.01. The number of benzene rings is 2. The molecule has 1 aliphatic carbocycles. The van der Waals surface area contributed by atoms with Crippen LogP contribution in [0.1, 0.15) is 12.8 Å². The molecule has 1 amide bonds. The molecular weight excluding hydrogens is 376 g/mol. The van der Waals surface area contributed by atoms with E-state index in [-0.39, 0.29) is 23.4 Å². The number of nitrogens with zero attached hydrogens (tertiary/aromatic N) is 1. The third kappa shape index (κ3) is 4.28. The second-order valence-corrected chi connectivity index (χ2v) is 8.30. The van der Waals surface area contributed by atoms with Gasteiger partial charge in [0.1, 0.15) is 12.3 Å². The minimum Gasteiger partial charge on any atom is -0.497 e. The van der Waals surface area contributed by atoms with Gasteiger partial charge in [0.25, 0.3) is 10.0 Å². The maximum Gasteiger partial charge on any atom is 0.264 e. The molecule has 0 unspecified atom stereocenters. The van der Waals surface area contributed by atoms with Gasteiger partial charge >= 0.3 is 0 Å². The number of methoxy groups -OCH3 is 1. The first-order valence-electron chi connectivity index (χ1n) is 8.12. The lowest BCUT2D eigenvalue weighted by atomic mass is 10.3. The van der Waals surface area contributed by atoms with E-state index in [0.29, 0.717) is 16.5 Å². The van der Waals surface area contributed by atoms with Gasteiger partial charge in [-0.05, 0) is 61.4 Å². The number of anilines is 1. The van der Waals surface area contributed by atoms with Crippen molar-refractivity contribution in [1.29, 1.82) is 0 Å². The van der Waals surface area contributed by atoms with E-state index in [2.05, 4.69) is 5.32 Å². The topological polar surface area (TPSA) is 75.7 Å². The standard InChI is InChI=1S/C18H19ClN2O4S/c1-25-16-8-10-17(11-9-16)26(23,24)21(12-18(22)20-14-4-5-14)15-6-2-13(19)3-7-15/h2-3,6-11,14H,4-5,12H2,1H3,(H,20,22). The van der Waals surface area contributed by atoms with E-state index >= 15 is 0 Å². The molecule has 8 heteroatoms. The molecular formula is C18H19ClN2O4S. The Morgan fingerprint density at radius 2 is 1.77 bits per heavy atom. The van der Waals surface area contributed by atoms with Crippen LogP contribution in [-0.2, 0) is 14.8 Å². The highest BCUT2D eigenvalue weighted by molar-refractivity contribution is 7.92. The number of halogens is 1. The average Bonchev–Trinajstić information content (AvgIpc) is 3.44. The summed E-state index contributed by atoms with van der Waals surface area (Å²) in [6.45, 7) is -0.299. The fraction of sp³-hybridized carbons (Fsp3) is 0.278. The summed E-state index contributed by atoms with van der Waals surface area (Å²) in [6.07, 6.45) is 1.86. The largest absolute Gasteiger partial charge is 0.497 e. The molecule has 0 radical (unpaired) electrons. The summed E-state index contributed by atoms with van der Waals surface area (Å²) in [7, 11) is -2.42. The molecule has 138 valence electrons. The predicted octanol–water partition coefficient (Wildman–Crippen LogP) is 2.82. The van der Waals surface area contributed by atoms with Crippen molar-refractivity contribution in [1.82, 2.24) is 5.32 Å². The van der Waals surface area contributed by atoms with E-state index < -0.39 is 10.0 Å². The molecule has 1 fully saturated rings. The van der Waals surface area contributed by atoms with Crippen LogP contribution in [-0.4, -0.2) is 34.0 Å². The van der Waals surface area contributed by atoms with Crippen LogP contribution >= 0.6 is 11.6 Å². The fourth-order valence-corrected chi connectivity index (χ4v) is 3.98. The number of rotatable bonds is 7.